The van der Waals surface area contributed by atoms with Gasteiger partial charge in [-0.25, -0.2) is 0 Å². The Balaban J connectivity index is 0.000000246. The monoisotopic (exact) mass is 286 g/mol. The van der Waals surface area contributed by atoms with Gasteiger partial charge in [-0.1, -0.05) is 73.3 Å². The van der Waals surface area contributed by atoms with Gasteiger partial charge in [0.15, 0.2) is 0 Å². The van der Waals surface area contributed by atoms with Crippen molar-refractivity contribution in [3.63, 3.8) is 0 Å². The van der Waals surface area contributed by atoms with Crippen LogP contribution in [0.2, 0.25) is 0 Å². The standard InChI is InChI=1S/C12H22P.C6H15P/c1-3-7-11(8-4-1)13-12-9-5-2-6-10-12;1-2-3-4-5-6-7/h11-12H,1-10H2;2-7H2,1H3/i13-29;. The average molecular weight is 286 g/mol. The molecule has 0 aromatic heterocycles. The summed E-state index contributed by atoms with van der Waals surface area (Å²) in [6, 6.07) is 0. The van der Waals surface area contributed by atoms with Crippen LogP contribution in [0.1, 0.15) is 96.8 Å². The van der Waals surface area contributed by atoms with Gasteiger partial charge in [0, 0.05) is 0 Å². The van der Waals surface area contributed by atoms with Crippen molar-refractivity contribution in [2.45, 2.75) is 108 Å². The summed E-state index contributed by atoms with van der Waals surface area (Å²) >= 11 is 0. The van der Waals surface area contributed by atoms with Crippen LogP contribution >= 0.6 is 17.8 Å². The predicted octanol–water partition coefficient (Wildman–Crippen LogP) is 7.04. The highest BCUT2D eigenvalue weighted by Gasteiger charge is 2.20. The summed E-state index contributed by atoms with van der Waals surface area (Å²) in [6.07, 6.45) is 22.1. The third-order valence-corrected chi connectivity index (χ3v) is 6.91. The zero-order valence-corrected chi connectivity index (χ0v) is 15.8. The zero-order valence-electron chi connectivity index (χ0n) is 13.8. The number of rotatable bonds is 6. The second kappa shape index (κ2) is 13.5. The van der Waals surface area contributed by atoms with E-state index in [0.29, 0.717) is 0 Å². The molecule has 2 aliphatic carbocycles. The van der Waals surface area contributed by atoms with E-state index in [9.17, 15) is 0 Å². The van der Waals surface area contributed by atoms with Crippen molar-refractivity contribution in [3.05, 3.63) is 0 Å². The van der Waals surface area contributed by atoms with E-state index < -0.39 is 0 Å². The number of hydrogen-bond acceptors (Lipinski definition) is 0. The van der Waals surface area contributed by atoms with E-state index in [4.69, 9.17) is 0 Å². The summed E-state index contributed by atoms with van der Waals surface area (Å²) in [5, 5.41) is 0. The molecule has 2 aliphatic rings. The summed E-state index contributed by atoms with van der Waals surface area (Å²) in [5.74, 6) is 0. The molecule has 119 valence electrons. The van der Waals surface area contributed by atoms with Gasteiger partial charge < -0.3 is 0 Å². The van der Waals surface area contributed by atoms with Crippen molar-refractivity contribution in [3.8, 4) is 0 Å². The molecule has 0 aromatic rings. The van der Waals surface area contributed by atoms with Crippen molar-refractivity contribution >= 4 is 17.8 Å². The molecule has 2 rings (SSSR count). The number of unbranched alkanes of at least 4 members (excludes halogenated alkanes) is 3. The molecule has 0 bridgehead atoms. The minimum absolute atomic E-state index is 1.09. The van der Waals surface area contributed by atoms with E-state index >= 15 is 0 Å². The highest BCUT2D eigenvalue weighted by atomic mass is 31.0. The lowest BCUT2D eigenvalue weighted by Gasteiger charge is -2.28. The summed E-state index contributed by atoms with van der Waals surface area (Å²) in [6.45, 7) is 2.24. The summed E-state index contributed by atoms with van der Waals surface area (Å²) in [5.41, 5.74) is 2.19. The molecule has 0 N–H and O–H groups in total. The predicted molar refractivity (Wildman–Crippen MR) is 99.4 cm³/mol. The number of hydrogen-bond donors (Lipinski definition) is 0. The molecule has 0 spiro atoms. The van der Waals surface area contributed by atoms with Gasteiger partial charge in [0.1, 0.15) is 0 Å². The quantitative estimate of drug-likeness (QED) is 0.363. The van der Waals surface area contributed by atoms with Crippen molar-refractivity contribution in [2.24, 2.45) is 0 Å². The van der Waals surface area contributed by atoms with Crippen molar-refractivity contribution in [1.82, 2.24) is 0 Å². The van der Waals surface area contributed by atoms with Crippen LogP contribution in [0.4, 0.5) is 0 Å². The SMILES string of the molecule is C1CCC([2P]C2CCCCC2)CC1.CCCCCCP. The van der Waals surface area contributed by atoms with E-state index in [-0.39, 0.29) is 0 Å². The summed E-state index contributed by atoms with van der Waals surface area (Å²) in [4.78, 5) is 0. The van der Waals surface area contributed by atoms with Crippen LogP contribution in [0.3, 0.4) is 0 Å². The third-order valence-electron chi connectivity index (χ3n) is 4.63. The van der Waals surface area contributed by atoms with E-state index in [2.05, 4.69) is 16.2 Å². The highest BCUT2D eigenvalue weighted by Crippen LogP contribution is 2.41. The molecular formula is C18H37P2. The maximum Gasteiger partial charge on any atom is -0.0168 e. The molecule has 20 heavy (non-hydrogen) atoms. The first-order valence-corrected chi connectivity index (χ1v) is 11.1. The van der Waals surface area contributed by atoms with Crippen molar-refractivity contribution < 1.29 is 0 Å². The van der Waals surface area contributed by atoms with Crippen molar-refractivity contribution in [2.75, 3.05) is 6.16 Å². The molecule has 0 aromatic carbocycles. The highest BCUT2D eigenvalue weighted by molar-refractivity contribution is 7.39. The van der Waals surface area contributed by atoms with Gasteiger partial charge in [-0.15, -0.1) is 9.24 Å². The van der Waals surface area contributed by atoms with Crippen molar-refractivity contribution in [1.29, 1.82) is 0 Å². The Morgan fingerprint density at radius 1 is 0.750 bits per heavy atom. The molecule has 2 saturated carbocycles. The van der Waals surface area contributed by atoms with E-state index in [0.717, 1.165) is 11.3 Å². The summed E-state index contributed by atoms with van der Waals surface area (Å²) in [7, 11) is 4.59. The molecule has 1 atom stereocenters. The third kappa shape index (κ3) is 9.73. The molecule has 0 heterocycles. The van der Waals surface area contributed by atoms with Gasteiger partial charge in [0.25, 0.3) is 0 Å². The Morgan fingerprint density at radius 2 is 1.25 bits per heavy atom. The first-order valence-electron chi connectivity index (χ1n) is 9.26. The van der Waals surface area contributed by atoms with Crippen LogP contribution in [0, 0.1) is 0 Å². The first kappa shape index (κ1) is 18.9. The Bertz CT molecular complexity index is 174. The van der Waals surface area contributed by atoms with Gasteiger partial charge in [-0.05, 0) is 49.6 Å². The van der Waals surface area contributed by atoms with Gasteiger partial charge >= 0.3 is 0 Å². The zero-order chi connectivity index (χ0) is 14.5. The Morgan fingerprint density at radius 3 is 1.65 bits per heavy atom. The molecular weight excluding hydrogens is 249 g/mol. The van der Waals surface area contributed by atoms with Gasteiger partial charge in [0.05, 0.1) is 0 Å². The van der Waals surface area contributed by atoms with Crippen LogP contribution in [0.15, 0.2) is 0 Å². The smallest absolute Gasteiger partial charge is 0.0168 e. The second-order valence-electron chi connectivity index (χ2n) is 6.58. The van der Waals surface area contributed by atoms with Crippen LogP contribution in [-0.4, -0.2) is 17.5 Å². The van der Waals surface area contributed by atoms with Crippen LogP contribution in [0.5, 0.6) is 0 Å². The maximum atomic E-state index is 2.75. The topological polar surface area (TPSA) is 0 Å². The van der Waals surface area contributed by atoms with Gasteiger partial charge in [-0.2, -0.15) is 0 Å². The first-order chi connectivity index (χ1) is 9.86. The molecule has 0 saturated heterocycles. The lowest BCUT2D eigenvalue weighted by Crippen LogP contribution is -2.14. The Hall–Kier alpha value is 0.860. The van der Waals surface area contributed by atoms with Gasteiger partial charge in [0.2, 0.25) is 0 Å². The second-order valence-corrected chi connectivity index (χ2v) is 8.92. The van der Waals surface area contributed by atoms with E-state index in [1.807, 2.05) is 8.58 Å². The van der Waals surface area contributed by atoms with Gasteiger partial charge in [-0.3, -0.25) is 0 Å². The van der Waals surface area contributed by atoms with Crippen LogP contribution < -0.4 is 0 Å². The molecule has 2 heteroatoms. The minimum Gasteiger partial charge on any atom is -0.138 e. The lowest BCUT2D eigenvalue weighted by atomic mass is 1.80. The Labute approximate surface area is 132 Å². The molecule has 1 radical (unpaired) electrons. The fourth-order valence-electron chi connectivity index (χ4n) is 3.33. The molecule has 0 aliphatic heterocycles. The fraction of sp³-hybridized carbons (Fsp3) is 1.00. The fourth-order valence-corrected chi connectivity index (χ4v) is 5.54. The Kier molecular flexibility index (Phi) is 12.8. The molecule has 0 nitrogen and oxygen atoms in total. The van der Waals surface area contributed by atoms with Crippen LogP contribution in [-0.2, 0) is 0 Å². The lowest BCUT2D eigenvalue weighted by molar-refractivity contribution is 0.490. The van der Waals surface area contributed by atoms with E-state index in [1.165, 1.54) is 96.1 Å². The normalized spacial score (nSPS) is 21.3. The summed E-state index contributed by atoms with van der Waals surface area (Å²) < 4.78 is 0. The largest absolute Gasteiger partial charge is 0.138 e. The average Bonchev–Trinajstić information content (AvgIpc) is 2.51. The molecule has 2 fully saturated rings. The van der Waals surface area contributed by atoms with E-state index in [1.54, 1.807) is 0 Å². The van der Waals surface area contributed by atoms with Crippen LogP contribution in [0.25, 0.3) is 0 Å². The molecule has 1 unspecified atom stereocenters. The maximum absolute atomic E-state index is 2.75. The minimum atomic E-state index is 1.09. The molecule has 0 amide bonds.